The third-order valence-electron chi connectivity index (χ3n) is 3.18. The maximum Gasteiger partial charge on any atom is 0.273 e. The van der Waals surface area contributed by atoms with Crippen molar-refractivity contribution in [1.82, 2.24) is 9.88 Å². The molecular formula is C15H19N3O. The third kappa shape index (κ3) is 3.55. The maximum atomic E-state index is 12.5. The highest BCUT2D eigenvalue weighted by Crippen LogP contribution is 2.30. The van der Waals surface area contributed by atoms with E-state index >= 15 is 0 Å². The Kier molecular flexibility index (Phi) is 4.53. The van der Waals surface area contributed by atoms with Crippen molar-refractivity contribution in [1.29, 1.82) is 0 Å². The predicted octanol–water partition coefficient (Wildman–Crippen LogP) is 1.26. The minimum Gasteiger partial charge on any atom is -0.337 e. The zero-order valence-corrected chi connectivity index (χ0v) is 11.2. The number of hydrogen-bond donors (Lipinski definition) is 1. The van der Waals surface area contributed by atoms with E-state index in [1.54, 1.807) is 12.3 Å². The Morgan fingerprint density at radius 1 is 1.58 bits per heavy atom. The molecule has 1 aliphatic rings. The van der Waals surface area contributed by atoms with Crippen molar-refractivity contribution in [3.63, 3.8) is 0 Å². The van der Waals surface area contributed by atoms with Gasteiger partial charge < -0.3 is 10.6 Å². The quantitative estimate of drug-likeness (QED) is 0.826. The SMILES string of the molecule is CCN(CC1CC1)C(=O)c1ncccc1C#CCN. The van der Waals surface area contributed by atoms with Gasteiger partial charge in [-0.05, 0) is 37.8 Å². The van der Waals surface area contributed by atoms with E-state index in [2.05, 4.69) is 16.8 Å². The van der Waals surface area contributed by atoms with E-state index in [1.165, 1.54) is 12.8 Å². The third-order valence-corrected chi connectivity index (χ3v) is 3.18. The molecule has 1 aromatic rings. The molecule has 1 fully saturated rings. The van der Waals surface area contributed by atoms with E-state index in [0.29, 0.717) is 23.7 Å². The van der Waals surface area contributed by atoms with Crippen molar-refractivity contribution < 1.29 is 4.79 Å². The lowest BCUT2D eigenvalue weighted by atomic mass is 10.1. The molecule has 1 amide bonds. The molecule has 0 aromatic carbocycles. The number of nitrogens with zero attached hydrogens (tertiary/aromatic N) is 2. The van der Waals surface area contributed by atoms with Crippen LogP contribution in [-0.4, -0.2) is 35.4 Å². The Morgan fingerprint density at radius 2 is 2.37 bits per heavy atom. The molecule has 2 N–H and O–H groups in total. The average molecular weight is 257 g/mol. The molecule has 2 rings (SSSR count). The van der Waals surface area contributed by atoms with Gasteiger partial charge in [-0.1, -0.05) is 11.8 Å². The predicted molar refractivity (Wildman–Crippen MR) is 74.5 cm³/mol. The molecule has 0 saturated heterocycles. The summed E-state index contributed by atoms with van der Waals surface area (Å²) in [6.45, 7) is 3.81. The topological polar surface area (TPSA) is 59.2 Å². The van der Waals surface area contributed by atoms with Gasteiger partial charge in [-0.3, -0.25) is 4.79 Å². The second kappa shape index (κ2) is 6.35. The molecule has 0 atom stereocenters. The summed E-state index contributed by atoms with van der Waals surface area (Å²) in [5.74, 6) is 6.33. The lowest BCUT2D eigenvalue weighted by molar-refractivity contribution is 0.0750. The highest BCUT2D eigenvalue weighted by molar-refractivity contribution is 5.94. The normalized spacial score (nSPS) is 13.6. The monoisotopic (exact) mass is 257 g/mol. The van der Waals surface area contributed by atoms with Gasteiger partial charge in [0.1, 0.15) is 5.69 Å². The zero-order chi connectivity index (χ0) is 13.7. The molecule has 1 heterocycles. The fourth-order valence-corrected chi connectivity index (χ4v) is 1.94. The summed E-state index contributed by atoms with van der Waals surface area (Å²) in [6.07, 6.45) is 4.09. The van der Waals surface area contributed by atoms with E-state index in [9.17, 15) is 4.79 Å². The van der Waals surface area contributed by atoms with Crippen LogP contribution in [0.4, 0.5) is 0 Å². The Labute approximate surface area is 114 Å². The molecule has 0 unspecified atom stereocenters. The van der Waals surface area contributed by atoms with Crippen molar-refractivity contribution in [2.24, 2.45) is 11.7 Å². The summed E-state index contributed by atoms with van der Waals surface area (Å²) < 4.78 is 0. The number of pyridine rings is 1. The fraction of sp³-hybridized carbons (Fsp3) is 0.467. The summed E-state index contributed by atoms with van der Waals surface area (Å²) in [5, 5.41) is 0. The average Bonchev–Trinajstić information content (AvgIpc) is 3.26. The van der Waals surface area contributed by atoms with Gasteiger partial charge in [-0.25, -0.2) is 4.98 Å². The molecule has 4 heteroatoms. The first-order chi connectivity index (χ1) is 9.26. The minimum atomic E-state index is -0.0312. The first-order valence-electron chi connectivity index (χ1n) is 6.69. The summed E-state index contributed by atoms with van der Waals surface area (Å²) in [4.78, 5) is 18.5. The van der Waals surface area contributed by atoms with Crippen LogP contribution < -0.4 is 5.73 Å². The molecule has 1 aliphatic carbocycles. The van der Waals surface area contributed by atoms with E-state index in [0.717, 1.165) is 6.54 Å². The van der Waals surface area contributed by atoms with Crippen LogP contribution in [0.2, 0.25) is 0 Å². The molecule has 0 bridgehead atoms. The van der Waals surface area contributed by atoms with Crippen LogP contribution in [0.5, 0.6) is 0 Å². The van der Waals surface area contributed by atoms with Gasteiger partial charge in [-0.15, -0.1) is 0 Å². The summed E-state index contributed by atoms with van der Waals surface area (Å²) in [5.41, 5.74) is 6.47. The van der Waals surface area contributed by atoms with Gasteiger partial charge in [0, 0.05) is 19.3 Å². The van der Waals surface area contributed by atoms with Gasteiger partial charge in [0.25, 0.3) is 5.91 Å². The lowest BCUT2D eigenvalue weighted by Crippen LogP contribution is -2.33. The van der Waals surface area contributed by atoms with Crippen LogP contribution in [0.15, 0.2) is 18.3 Å². The number of carbonyl (C=O) groups is 1. The van der Waals surface area contributed by atoms with Crippen LogP contribution in [-0.2, 0) is 0 Å². The maximum absolute atomic E-state index is 12.5. The second-order valence-corrected chi connectivity index (χ2v) is 4.69. The minimum absolute atomic E-state index is 0.0312. The Bertz CT molecular complexity index is 512. The number of carbonyl (C=O) groups excluding carboxylic acids is 1. The molecule has 1 saturated carbocycles. The summed E-state index contributed by atoms with van der Waals surface area (Å²) in [6, 6.07) is 3.60. The lowest BCUT2D eigenvalue weighted by Gasteiger charge is -2.20. The molecule has 4 nitrogen and oxygen atoms in total. The van der Waals surface area contributed by atoms with E-state index < -0.39 is 0 Å². The second-order valence-electron chi connectivity index (χ2n) is 4.69. The molecule has 0 radical (unpaired) electrons. The Morgan fingerprint density at radius 3 is 3.00 bits per heavy atom. The number of amides is 1. The Balaban J connectivity index is 2.20. The van der Waals surface area contributed by atoms with Crippen molar-refractivity contribution in [2.75, 3.05) is 19.6 Å². The van der Waals surface area contributed by atoms with Crippen LogP contribution in [0.3, 0.4) is 0 Å². The van der Waals surface area contributed by atoms with E-state index in [-0.39, 0.29) is 12.5 Å². The van der Waals surface area contributed by atoms with Crippen LogP contribution in [0, 0.1) is 17.8 Å². The van der Waals surface area contributed by atoms with Gasteiger partial charge in [-0.2, -0.15) is 0 Å². The van der Waals surface area contributed by atoms with E-state index in [4.69, 9.17) is 5.73 Å². The van der Waals surface area contributed by atoms with Gasteiger partial charge >= 0.3 is 0 Å². The smallest absolute Gasteiger partial charge is 0.273 e. The van der Waals surface area contributed by atoms with Crippen LogP contribution in [0.25, 0.3) is 0 Å². The summed E-state index contributed by atoms with van der Waals surface area (Å²) in [7, 11) is 0. The number of hydrogen-bond acceptors (Lipinski definition) is 3. The standard InChI is InChI=1S/C15H19N3O/c1-2-18(11-12-7-8-12)15(19)14-13(5-3-9-16)6-4-10-17-14/h4,6,10,12H,2,7-9,11,16H2,1H3. The molecular weight excluding hydrogens is 238 g/mol. The largest absolute Gasteiger partial charge is 0.337 e. The van der Waals surface area contributed by atoms with Crippen LogP contribution in [0.1, 0.15) is 35.8 Å². The number of rotatable bonds is 4. The van der Waals surface area contributed by atoms with Gasteiger partial charge in [0.05, 0.1) is 12.1 Å². The molecule has 100 valence electrons. The molecule has 19 heavy (non-hydrogen) atoms. The van der Waals surface area contributed by atoms with Gasteiger partial charge in [0.2, 0.25) is 0 Å². The van der Waals surface area contributed by atoms with Crippen molar-refractivity contribution in [2.45, 2.75) is 19.8 Å². The highest BCUT2D eigenvalue weighted by atomic mass is 16.2. The summed E-state index contributed by atoms with van der Waals surface area (Å²) >= 11 is 0. The van der Waals surface area contributed by atoms with Crippen molar-refractivity contribution in [3.05, 3.63) is 29.6 Å². The van der Waals surface area contributed by atoms with E-state index in [1.807, 2.05) is 17.9 Å². The first kappa shape index (κ1) is 13.6. The number of nitrogens with two attached hydrogens (primary N) is 1. The van der Waals surface area contributed by atoms with Crippen molar-refractivity contribution >= 4 is 5.91 Å². The molecule has 0 aliphatic heterocycles. The highest BCUT2D eigenvalue weighted by Gasteiger charge is 2.27. The first-order valence-corrected chi connectivity index (χ1v) is 6.69. The van der Waals surface area contributed by atoms with Crippen molar-refractivity contribution in [3.8, 4) is 11.8 Å². The van der Waals surface area contributed by atoms with Crippen LogP contribution >= 0.6 is 0 Å². The number of aromatic nitrogens is 1. The zero-order valence-electron chi connectivity index (χ0n) is 11.2. The van der Waals surface area contributed by atoms with Gasteiger partial charge in [0.15, 0.2) is 0 Å². The Hall–Kier alpha value is -1.86. The fourth-order valence-electron chi connectivity index (χ4n) is 1.94. The molecule has 0 spiro atoms. The molecule has 1 aromatic heterocycles.